The first-order valence-electron chi connectivity index (χ1n) is 9.31. The first-order chi connectivity index (χ1) is 13.7. The molecule has 0 saturated carbocycles. The fourth-order valence-electron chi connectivity index (χ4n) is 2.86. The Labute approximate surface area is 192 Å². The third-order valence-electron chi connectivity index (χ3n) is 4.62. The van der Waals surface area contributed by atoms with E-state index in [-0.39, 0.29) is 37.4 Å². The van der Waals surface area contributed by atoms with E-state index in [0.29, 0.717) is 11.5 Å². The fourth-order valence-corrected chi connectivity index (χ4v) is 3.53. The van der Waals surface area contributed by atoms with Gasteiger partial charge in [0, 0.05) is 11.1 Å². The lowest BCUT2D eigenvalue weighted by Gasteiger charge is -2.28. The number of aromatic hydroxyl groups is 1. The summed E-state index contributed by atoms with van der Waals surface area (Å²) in [5.74, 6) is 0.450. The zero-order chi connectivity index (χ0) is 23.0. The first kappa shape index (κ1) is 24.3. The van der Waals surface area contributed by atoms with Crippen LogP contribution in [-0.2, 0) is 10.8 Å². The summed E-state index contributed by atoms with van der Waals surface area (Å²) in [5.41, 5.74) is 5.44. The highest BCUT2D eigenvalue weighted by atomic mass is 35.5. The highest BCUT2D eigenvalue weighted by Gasteiger charge is 2.27. The number of benzene rings is 1. The number of hydrazone groups is 1. The SMILES string of the molecule is CC(=NNc1nc(Cl)c(C#N)c(Cl)c1Cl)c1cc(C(C)(C)C)c(O)c(C(C)(C)C)c1. The second kappa shape index (κ2) is 8.63. The van der Waals surface area contributed by atoms with Crippen molar-refractivity contribution in [1.29, 1.82) is 5.26 Å². The minimum absolute atomic E-state index is 0.0118. The largest absolute Gasteiger partial charge is 0.507 e. The van der Waals surface area contributed by atoms with Crippen LogP contribution in [0.5, 0.6) is 5.75 Å². The molecule has 2 N–H and O–H groups in total. The molecule has 5 nitrogen and oxygen atoms in total. The smallest absolute Gasteiger partial charge is 0.168 e. The van der Waals surface area contributed by atoms with Crippen molar-refractivity contribution in [3.63, 3.8) is 0 Å². The van der Waals surface area contributed by atoms with Crippen LogP contribution in [0.2, 0.25) is 15.2 Å². The van der Waals surface area contributed by atoms with E-state index in [9.17, 15) is 5.11 Å². The molecule has 1 aromatic carbocycles. The van der Waals surface area contributed by atoms with Crippen LogP contribution >= 0.6 is 34.8 Å². The Balaban J connectivity index is 2.55. The number of nitrogens with zero attached hydrogens (tertiary/aromatic N) is 3. The van der Waals surface area contributed by atoms with E-state index in [1.807, 2.05) is 66.7 Å². The second-order valence-corrected chi connectivity index (χ2v) is 10.2. The Morgan fingerprint density at radius 3 is 1.97 bits per heavy atom. The van der Waals surface area contributed by atoms with Gasteiger partial charge in [0.25, 0.3) is 0 Å². The van der Waals surface area contributed by atoms with Gasteiger partial charge in [-0.3, -0.25) is 5.43 Å². The predicted molar refractivity (Wildman–Crippen MR) is 125 cm³/mol. The van der Waals surface area contributed by atoms with Gasteiger partial charge in [-0.2, -0.15) is 10.4 Å². The lowest BCUT2D eigenvalue weighted by atomic mass is 9.78. The molecule has 0 aliphatic rings. The molecule has 30 heavy (non-hydrogen) atoms. The van der Waals surface area contributed by atoms with Crippen molar-refractivity contribution in [3.05, 3.63) is 49.6 Å². The quantitative estimate of drug-likeness (QED) is 0.288. The van der Waals surface area contributed by atoms with E-state index in [4.69, 9.17) is 40.1 Å². The van der Waals surface area contributed by atoms with Crippen LogP contribution in [0.4, 0.5) is 5.82 Å². The van der Waals surface area contributed by atoms with Crippen molar-refractivity contribution in [2.45, 2.75) is 59.3 Å². The van der Waals surface area contributed by atoms with Crippen molar-refractivity contribution in [2.24, 2.45) is 5.10 Å². The number of anilines is 1. The van der Waals surface area contributed by atoms with E-state index >= 15 is 0 Å². The van der Waals surface area contributed by atoms with Gasteiger partial charge in [-0.15, -0.1) is 0 Å². The van der Waals surface area contributed by atoms with Crippen LogP contribution in [0.25, 0.3) is 0 Å². The minimum atomic E-state index is -0.257. The molecular weight excluding hydrogens is 443 g/mol. The Kier molecular flexibility index (Phi) is 6.98. The van der Waals surface area contributed by atoms with Crippen LogP contribution < -0.4 is 5.43 Å². The second-order valence-electron chi connectivity index (χ2n) is 9.09. The van der Waals surface area contributed by atoms with E-state index in [1.165, 1.54) is 0 Å². The molecular formula is C22H25Cl3N4O. The summed E-state index contributed by atoms with van der Waals surface area (Å²) in [5, 5.41) is 24.4. The van der Waals surface area contributed by atoms with E-state index < -0.39 is 0 Å². The number of halogens is 3. The van der Waals surface area contributed by atoms with Crippen LogP contribution in [0.1, 0.15) is 70.7 Å². The van der Waals surface area contributed by atoms with Gasteiger partial charge in [0.05, 0.1) is 10.7 Å². The van der Waals surface area contributed by atoms with Crippen molar-refractivity contribution < 1.29 is 5.11 Å². The van der Waals surface area contributed by atoms with Gasteiger partial charge in [-0.1, -0.05) is 76.3 Å². The molecule has 1 aromatic heterocycles. The molecule has 0 aliphatic carbocycles. The normalized spacial score (nSPS) is 12.6. The van der Waals surface area contributed by atoms with Gasteiger partial charge in [0.1, 0.15) is 22.4 Å². The average Bonchev–Trinajstić information content (AvgIpc) is 2.62. The van der Waals surface area contributed by atoms with Crippen molar-refractivity contribution in [2.75, 3.05) is 5.43 Å². The summed E-state index contributed by atoms with van der Waals surface area (Å²) in [6.07, 6.45) is 0. The molecule has 2 aromatic rings. The Hall–Kier alpha value is -2.00. The average molecular weight is 468 g/mol. The number of phenolic OH excluding ortho intramolecular Hbond substituents is 1. The molecule has 8 heteroatoms. The van der Waals surface area contributed by atoms with E-state index in [2.05, 4.69) is 15.5 Å². The molecule has 160 valence electrons. The number of hydrogen-bond acceptors (Lipinski definition) is 5. The number of aromatic nitrogens is 1. The van der Waals surface area contributed by atoms with Gasteiger partial charge in [0.2, 0.25) is 0 Å². The van der Waals surface area contributed by atoms with Gasteiger partial charge in [-0.25, -0.2) is 4.98 Å². The molecule has 0 unspecified atom stereocenters. The predicted octanol–water partition coefficient (Wildman–Crippen LogP) is 7.05. The maximum absolute atomic E-state index is 10.9. The van der Waals surface area contributed by atoms with Gasteiger partial charge in [-0.05, 0) is 35.4 Å². The molecule has 0 atom stereocenters. The minimum Gasteiger partial charge on any atom is -0.507 e. The lowest BCUT2D eigenvalue weighted by Crippen LogP contribution is -2.18. The van der Waals surface area contributed by atoms with Gasteiger partial charge in [0.15, 0.2) is 11.0 Å². The van der Waals surface area contributed by atoms with Crippen LogP contribution in [0, 0.1) is 11.3 Å². The van der Waals surface area contributed by atoms with E-state index in [0.717, 1.165) is 16.7 Å². The molecule has 0 fully saturated rings. The topological polar surface area (TPSA) is 81.3 Å². The monoisotopic (exact) mass is 466 g/mol. The molecule has 0 radical (unpaired) electrons. The van der Waals surface area contributed by atoms with Crippen molar-refractivity contribution in [1.82, 2.24) is 4.98 Å². The summed E-state index contributed by atoms with van der Waals surface area (Å²) < 4.78 is 0. The number of nitrogens with one attached hydrogen (secondary N) is 1. The van der Waals surface area contributed by atoms with Crippen LogP contribution in [-0.4, -0.2) is 15.8 Å². The first-order valence-corrected chi connectivity index (χ1v) is 10.4. The Morgan fingerprint density at radius 2 is 1.53 bits per heavy atom. The molecule has 2 rings (SSSR count). The lowest BCUT2D eigenvalue weighted by molar-refractivity contribution is 0.423. The molecule has 0 bridgehead atoms. The molecule has 1 heterocycles. The summed E-state index contributed by atoms with van der Waals surface area (Å²) >= 11 is 18.3. The molecule has 0 spiro atoms. The zero-order valence-electron chi connectivity index (χ0n) is 18.1. The third kappa shape index (κ3) is 5.00. The maximum Gasteiger partial charge on any atom is 0.168 e. The summed E-state index contributed by atoms with van der Waals surface area (Å²) in [6.45, 7) is 14.1. The summed E-state index contributed by atoms with van der Waals surface area (Å²) in [6, 6.07) is 5.73. The standard InChI is InChI=1S/C22H25Cl3N4O/c1-11(28-29-20-17(24)16(23)13(10-26)19(25)27-20)12-8-14(21(2,3)4)18(30)15(9-12)22(5,6)7/h8-9,30H,1-7H3,(H,27,29). The number of pyridine rings is 1. The van der Waals surface area contributed by atoms with Crippen LogP contribution in [0.15, 0.2) is 17.2 Å². The third-order valence-corrected chi connectivity index (χ3v) is 5.74. The van der Waals surface area contributed by atoms with E-state index in [1.54, 1.807) is 0 Å². The van der Waals surface area contributed by atoms with Gasteiger partial charge < -0.3 is 5.11 Å². The van der Waals surface area contributed by atoms with Crippen LogP contribution in [0.3, 0.4) is 0 Å². The fraction of sp³-hybridized carbons (Fsp3) is 0.409. The number of phenols is 1. The van der Waals surface area contributed by atoms with Crippen molar-refractivity contribution >= 4 is 46.3 Å². The Morgan fingerprint density at radius 1 is 1.03 bits per heavy atom. The molecule has 0 aliphatic heterocycles. The number of nitriles is 1. The van der Waals surface area contributed by atoms with Gasteiger partial charge >= 0.3 is 0 Å². The highest BCUT2D eigenvalue weighted by Crippen LogP contribution is 2.40. The number of hydrogen-bond donors (Lipinski definition) is 2. The van der Waals surface area contributed by atoms with Crippen molar-refractivity contribution in [3.8, 4) is 11.8 Å². The summed E-state index contributed by atoms with van der Waals surface area (Å²) in [4.78, 5) is 4.07. The maximum atomic E-state index is 10.9. The summed E-state index contributed by atoms with van der Waals surface area (Å²) in [7, 11) is 0. The number of rotatable bonds is 3. The zero-order valence-corrected chi connectivity index (χ0v) is 20.3. The molecule has 0 saturated heterocycles. The highest BCUT2D eigenvalue weighted by molar-refractivity contribution is 6.45. The Bertz CT molecular complexity index is 1020. The molecule has 0 amide bonds.